The van der Waals surface area contributed by atoms with Crippen LogP contribution in [0.4, 0.5) is 4.79 Å². The second-order valence-electron chi connectivity index (χ2n) is 6.86. The van der Waals surface area contributed by atoms with Gasteiger partial charge in [0, 0.05) is 5.56 Å². The number of para-hydroxylation sites is 1. The van der Waals surface area contributed by atoms with Gasteiger partial charge in [0.2, 0.25) is 0 Å². The Hall–Kier alpha value is -1.71. The molecule has 3 rings (SSSR count). The van der Waals surface area contributed by atoms with Gasteiger partial charge in [-0.2, -0.15) is 0 Å². The van der Waals surface area contributed by atoms with Crippen LogP contribution in [0.1, 0.15) is 50.7 Å². The molecule has 2 aliphatic rings. The number of hydrogen-bond acceptors (Lipinski definition) is 3. The maximum Gasteiger partial charge on any atom is 0.410 e. The second-order valence-corrected chi connectivity index (χ2v) is 6.86. The summed E-state index contributed by atoms with van der Waals surface area (Å²) in [6, 6.07) is 6.26. The lowest BCUT2D eigenvalue weighted by Gasteiger charge is -2.26. The van der Waals surface area contributed by atoms with Gasteiger partial charge >= 0.3 is 6.09 Å². The number of ether oxygens (including phenoxy) is 2. The van der Waals surface area contributed by atoms with Gasteiger partial charge in [0.25, 0.3) is 0 Å². The summed E-state index contributed by atoms with van der Waals surface area (Å²) in [4.78, 5) is 14.0. The minimum absolute atomic E-state index is 0.268. The van der Waals surface area contributed by atoms with E-state index in [9.17, 15) is 4.79 Å². The Morgan fingerprint density at radius 2 is 2.10 bits per heavy atom. The minimum Gasteiger partial charge on any atom is -0.491 e. The molecule has 0 radical (unpaired) electrons. The minimum atomic E-state index is -0.469. The Balaban J connectivity index is 1.80. The van der Waals surface area contributed by atoms with E-state index in [0.29, 0.717) is 25.6 Å². The first kappa shape index (κ1) is 14.2. The summed E-state index contributed by atoms with van der Waals surface area (Å²) < 4.78 is 11.4. The molecule has 4 nitrogen and oxygen atoms in total. The van der Waals surface area contributed by atoms with Crippen molar-refractivity contribution in [2.75, 3.05) is 13.2 Å². The molecule has 114 valence electrons. The smallest absolute Gasteiger partial charge is 0.410 e. The SMILES string of the molecule is CC(C)(C)OC(=O)N1CCOc2c(cccc2C2CC2)C1. The summed E-state index contributed by atoms with van der Waals surface area (Å²) in [5.41, 5.74) is 1.92. The normalized spacial score (nSPS) is 18.5. The highest BCUT2D eigenvalue weighted by Crippen LogP contribution is 2.45. The highest BCUT2D eigenvalue weighted by atomic mass is 16.6. The van der Waals surface area contributed by atoms with Gasteiger partial charge in [-0.15, -0.1) is 0 Å². The van der Waals surface area contributed by atoms with E-state index in [0.717, 1.165) is 11.3 Å². The number of hydrogen-bond donors (Lipinski definition) is 0. The van der Waals surface area contributed by atoms with Crippen molar-refractivity contribution >= 4 is 6.09 Å². The van der Waals surface area contributed by atoms with Crippen molar-refractivity contribution in [3.05, 3.63) is 29.3 Å². The number of benzene rings is 1. The summed E-state index contributed by atoms with van der Waals surface area (Å²) in [6.45, 7) is 7.31. The number of amides is 1. The molecule has 1 fully saturated rings. The van der Waals surface area contributed by atoms with Crippen molar-refractivity contribution in [3.63, 3.8) is 0 Å². The summed E-state index contributed by atoms with van der Waals surface area (Å²) in [5.74, 6) is 1.64. The first-order valence-electron chi connectivity index (χ1n) is 7.66. The average Bonchev–Trinajstić information content (AvgIpc) is 3.22. The lowest BCUT2D eigenvalue weighted by molar-refractivity contribution is 0.0225. The van der Waals surface area contributed by atoms with Gasteiger partial charge in [0.15, 0.2) is 0 Å². The van der Waals surface area contributed by atoms with Crippen LogP contribution >= 0.6 is 0 Å². The van der Waals surface area contributed by atoms with Crippen molar-refractivity contribution in [2.24, 2.45) is 0 Å². The summed E-state index contributed by atoms with van der Waals surface area (Å²) in [6.07, 6.45) is 2.22. The number of carbonyl (C=O) groups excluding carboxylic acids is 1. The van der Waals surface area contributed by atoms with E-state index in [2.05, 4.69) is 12.1 Å². The van der Waals surface area contributed by atoms with Crippen molar-refractivity contribution in [3.8, 4) is 5.75 Å². The monoisotopic (exact) mass is 289 g/mol. The first-order chi connectivity index (χ1) is 9.94. The van der Waals surface area contributed by atoms with E-state index < -0.39 is 5.60 Å². The molecule has 0 spiro atoms. The van der Waals surface area contributed by atoms with Gasteiger partial charge in [-0.25, -0.2) is 4.79 Å². The van der Waals surface area contributed by atoms with Crippen LogP contribution < -0.4 is 4.74 Å². The molecule has 1 aliphatic heterocycles. The zero-order valence-corrected chi connectivity index (χ0v) is 13.0. The topological polar surface area (TPSA) is 38.8 Å². The van der Waals surface area contributed by atoms with Crippen molar-refractivity contribution in [1.82, 2.24) is 4.90 Å². The third-order valence-corrected chi connectivity index (χ3v) is 3.76. The van der Waals surface area contributed by atoms with E-state index in [-0.39, 0.29) is 6.09 Å². The molecule has 4 heteroatoms. The predicted molar refractivity (Wildman–Crippen MR) is 80.6 cm³/mol. The highest BCUT2D eigenvalue weighted by molar-refractivity contribution is 5.68. The fourth-order valence-electron chi connectivity index (χ4n) is 2.65. The highest BCUT2D eigenvalue weighted by Gasteiger charge is 2.30. The van der Waals surface area contributed by atoms with Crippen LogP contribution in [0.5, 0.6) is 5.75 Å². The fourth-order valence-corrected chi connectivity index (χ4v) is 2.65. The molecule has 1 aromatic rings. The summed E-state index contributed by atoms with van der Waals surface area (Å²) in [7, 11) is 0. The molecule has 1 aromatic carbocycles. The number of carbonyl (C=O) groups is 1. The zero-order chi connectivity index (χ0) is 15.0. The van der Waals surface area contributed by atoms with Crippen molar-refractivity contribution in [2.45, 2.75) is 51.7 Å². The van der Waals surface area contributed by atoms with Gasteiger partial charge in [-0.05, 0) is 45.1 Å². The molecule has 1 heterocycles. The van der Waals surface area contributed by atoms with E-state index in [4.69, 9.17) is 9.47 Å². The zero-order valence-electron chi connectivity index (χ0n) is 13.0. The Morgan fingerprint density at radius 1 is 1.33 bits per heavy atom. The van der Waals surface area contributed by atoms with Crippen LogP contribution in [0, 0.1) is 0 Å². The molecule has 0 bridgehead atoms. The lowest BCUT2D eigenvalue weighted by Crippen LogP contribution is -2.37. The van der Waals surface area contributed by atoms with Crippen LogP contribution in [-0.4, -0.2) is 29.7 Å². The first-order valence-corrected chi connectivity index (χ1v) is 7.66. The van der Waals surface area contributed by atoms with Gasteiger partial charge in [0.1, 0.15) is 18.0 Å². The van der Waals surface area contributed by atoms with Gasteiger partial charge in [0.05, 0.1) is 13.1 Å². The van der Waals surface area contributed by atoms with Crippen molar-refractivity contribution in [1.29, 1.82) is 0 Å². The Labute approximate surface area is 126 Å². The Morgan fingerprint density at radius 3 is 2.76 bits per heavy atom. The lowest BCUT2D eigenvalue weighted by atomic mass is 10.0. The van der Waals surface area contributed by atoms with E-state index in [1.165, 1.54) is 18.4 Å². The molecular weight excluding hydrogens is 266 g/mol. The number of fused-ring (bicyclic) bond motifs is 1. The van der Waals surface area contributed by atoms with Gasteiger partial charge < -0.3 is 14.4 Å². The molecule has 21 heavy (non-hydrogen) atoms. The standard InChI is InChI=1S/C17H23NO3/c1-17(2,3)21-16(19)18-9-10-20-15-13(11-18)5-4-6-14(15)12-7-8-12/h4-6,12H,7-11H2,1-3H3. The fraction of sp³-hybridized carbons (Fsp3) is 0.588. The molecule has 0 saturated heterocycles. The number of rotatable bonds is 1. The number of nitrogens with zero attached hydrogens (tertiary/aromatic N) is 1. The van der Waals surface area contributed by atoms with Crippen LogP contribution in [0.2, 0.25) is 0 Å². The average molecular weight is 289 g/mol. The molecule has 1 aliphatic carbocycles. The third-order valence-electron chi connectivity index (χ3n) is 3.76. The van der Waals surface area contributed by atoms with E-state index >= 15 is 0 Å². The maximum atomic E-state index is 12.3. The van der Waals surface area contributed by atoms with Crippen LogP contribution in [0.25, 0.3) is 0 Å². The van der Waals surface area contributed by atoms with Crippen LogP contribution in [0.15, 0.2) is 18.2 Å². The quantitative estimate of drug-likeness (QED) is 0.791. The molecule has 0 aromatic heterocycles. The Bertz CT molecular complexity index is 543. The molecule has 0 atom stereocenters. The van der Waals surface area contributed by atoms with Gasteiger partial charge in [-0.3, -0.25) is 0 Å². The molecular formula is C17H23NO3. The molecule has 0 unspecified atom stereocenters. The summed E-state index contributed by atoms with van der Waals surface area (Å²) in [5, 5.41) is 0. The largest absolute Gasteiger partial charge is 0.491 e. The third kappa shape index (κ3) is 3.31. The molecule has 1 saturated carbocycles. The van der Waals surface area contributed by atoms with Crippen LogP contribution in [0.3, 0.4) is 0 Å². The molecule has 0 N–H and O–H groups in total. The van der Waals surface area contributed by atoms with E-state index in [1.54, 1.807) is 4.90 Å². The second kappa shape index (κ2) is 5.24. The van der Waals surface area contributed by atoms with Gasteiger partial charge in [-0.1, -0.05) is 18.2 Å². The van der Waals surface area contributed by atoms with E-state index in [1.807, 2.05) is 26.8 Å². The predicted octanol–water partition coefficient (Wildman–Crippen LogP) is 3.69. The molecule has 1 amide bonds. The maximum absolute atomic E-state index is 12.3. The van der Waals surface area contributed by atoms with Crippen LogP contribution in [-0.2, 0) is 11.3 Å². The Kier molecular flexibility index (Phi) is 3.56. The summed E-state index contributed by atoms with van der Waals surface area (Å²) >= 11 is 0. The van der Waals surface area contributed by atoms with Crippen molar-refractivity contribution < 1.29 is 14.3 Å².